The van der Waals surface area contributed by atoms with E-state index in [9.17, 15) is 4.79 Å². The van der Waals surface area contributed by atoms with Crippen molar-refractivity contribution in [2.75, 3.05) is 33.2 Å². The number of carbonyl (C=O) groups excluding carboxylic acids is 1. The van der Waals surface area contributed by atoms with Crippen LogP contribution in [-0.2, 0) is 11.3 Å². The van der Waals surface area contributed by atoms with E-state index in [1.165, 1.54) is 0 Å². The molecule has 0 saturated carbocycles. The molecular weight excluding hydrogens is 490 g/mol. The number of benzene rings is 1. The van der Waals surface area contributed by atoms with Crippen molar-refractivity contribution < 1.29 is 4.79 Å². The van der Waals surface area contributed by atoms with Crippen LogP contribution in [0.15, 0.2) is 53.5 Å². The highest BCUT2D eigenvalue weighted by Gasteiger charge is 2.43. The normalized spacial score (nSPS) is 18.0. The molecule has 0 atom stereocenters. The molecule has 4 heterocycles. The Morgan fingerprint density at radius 2 is 1.72 bits per heavy atom. The first-order chi connectivity index (χ1) is 15.4. The van der Waals surface area contributed by atoms with Gasteiger partial charge in [0.25, 0.3) is 0 Å². The molecule has 1 spiro atoms. The van der Waals surface area contributed by atoms with Crippen LogP contribution in [0.2, 0.25) is 5.02 Å². The second kappa shape index (κ2) is 8.61. The molecule has 1 aromatic carbocycles. The van der Waals surface area contributed by atoms with Gasteiger partial charge in [-0.25, -0.2) is 4.98 Å². The standard InChI is InChI=1S/C24H25BrClN5O/c1-29-15-24(16-29)8-12-30(13-9-24)20(32)14-31-22(18-6-10-27-11-7-18)21(28-23(31)25)17-2-4-19(26)5-3-17/h2-7,10-11H,8-9,12-16H2,1H3. The molecule has 2 aromatic heterocycles. The third-order valence-electron chi connectivity index (χ3n) is 6.67. The molecule has 6 nitrogen and oxygen atoms in total. The van der Waals surface area contributed by atoms with E-state index in [0.29, 0.717) is 15.2 Å². The van der Waals surface area contributed by atoms with Gasteiger partial charge in [-0.2, -0.15) is 0 Å². The smallest absolute Gasteiger partial charge is 0.242 e. The molecule has 32 heavy (non-hydrogen) atoms. The first kappa shape index (κ1) is 21.6. The molecule has 0 radical (unpaired) electrons. The van der Waals surface area contributed by atoms with Gasteiger partial charge in [0.1, 0.15) is 6.54 Å². The van der Waals surface area contributed by atoms with E-state index in [2.05, 4.69) is 32.9 Å². The minimum absolute atomic E-state index is 0.128. The minimum atomic E-state index is 0.128. The van der Waals surface area contributed by atoms with Crippen LogP contribution in [0.3, 0.4) is 0 Å². The van der Waals surface area contributed by atoms with Crippen molar-refractivity contribution in [2.45, 2.75) is 19.4 Å². The molecule has 166 valence electrons. The van der Waals surface area contributed by atoms with Crippen LogP contribution in [0.5, 0.6) is 0 Å². The monoisotopic (exact) mass is 513 g/mol. The van der Waals surface area contributed by atoms with Crippen molar-refractivity contribution in [3.8, 4) is 22.5 Å². The number of nitrogens with zero attached hydrogens (tertiary/aromatic N) is 5. The Bertz CT molecular complexity index is 1120. The second-order valence-corrected chi connectivity index (χ2v) is 10.1. The molecule has 5 rings (SSSR count). The SMILES string of the molecule is CN1CC2(CCN(C(=O)Cn3c(Br)nc(-c4ccc(Cl)cc4)c3-c3ccncc3)CC2)C1. The summed E-state index contributed by atoms with van der Waals surface area (Å²) < 4.78 is 2.60. The second-order valence-electron chi connectivity index (χ2n) is 8.96. The van der Waals surface area contributed by atoms with Gasteiger partial charge in [-0.1, -0.05) is 23.7 Å². The summed E-state index contributed by atoms with van der Waals surface area (Å²) in [5.41, 5.74) is 4.03. The summed E-state index contributed by atoms with van der Waals surface area (Å²) in [5.74, 6) is 0.128. The fourth-order valence-electron chi connectivity index (χ4n) is 5.06. The quantitative estimate of drug-likeness (QED) is 0.511. The Morgan fingerprint density at radius 3 is 2.34 bits per heavy atom. The predicted molar refractivity (Wildman–Crippen MR) is 129 cm³/mol. The number of imidazole rings is 1. The highest BCUT2D eigenvalue weighted by atomic mass is 79.9. The third kappa shape index (κ3) is 4.09. The lowest BCUT2D eigenvalue weighted by Crippen LogP contribution is -2.59. The van der Waals surface area contributed by atoms with Gasteiger partial charge in [0.15, 0.2) is 4.73 Å². The summed E-state index contributed by atoms with van der Waals surface area (Å²) in [6, 6.07) is 11.5. The molecule has 0 bridgehead atoms. The zero-order valence-electron chi connectivity index (χ0n) is 18.0. The molecule has 0 unspecified atom stereocenters. The minimum Gasteiger partial charge on any atom is -0.341 e. The number of piperidine rings is 1. The molecule has 2 saturated heterocycles. The first-order valence-corrected chi connectivity index (χ1v) is 12.0. The zero-order chi connectivity index (χ0) is 22.3. The van der Waals surface area contributed by atoms with Gasteiger partial charge in [-0.05, 0) is 65.5 Å². The number of amides is 1. The predicted octanol–water partition coefficient (Wildman–Crippen LogP) is 4.58. The number of rotatable bonds is 4. The van der Waals surface area contributed by atoms with E-state index in [0.717, 1.165) is 61.5 Å². The molecule has 8 heteroatoms. The summed E-state index contributed by atoms with van der Waals surface area (Å²) in [6.45, 7) is 4.20. The number of pyridine rings is 1. The Kier molecular flexibility index (Phi) is 5.82. The van der Waals surface area contributed by atoms with Crippen LogP contribution in [0.25, 0.3) is 22.5 Å². The van der Waals surface area contributed by atoms with Crippen LogP contribution >= 0.6 is 27.5 Å². The number of hydrogen-bond acceptors (Lipinski definition) is 4. The maximum atomic E-state index is 13.3. The molecular formula is C24H25BrClN5O. The van der Waals surface area contributed by atoms with Gasteiger partial charge in [-0.15, -0.1) is 0 Å². The number of halogens is 2. The largest absolute Gasteiger partial charge is 0.341 e. The fraction of sp³-hybridized carbons (Fsp3) is 0.375. The lowest BCUT2D eigenvalue weighted by atomic mass is 9.72. The van der Waals surface area contributed by atoms with E-state index >= 15 is 0 Å². The van der Waals surface area contributed by atoms with Crippen molar-refractivity contribution >= 4 is 33.4 Å². The lowest BCUT2D eigenvalue weighted by Gasteiger charge is -2.52. The Hall–Kier alpha value is -2.22. The molecule has 0 N–H and O–H groups in total. The molecule has 2 fully saturated rings. The van der Waals surface area contributed by atoms with Crippen molar-refractivity contribution in [1.82, 2.24) is 24.3 Å². The van der Waals surface area contributed by atoms with Crippen molar-refractivity contribution in [1.29, 1.82) is 0 Å². The average Bonchev–Trinajstić information content (AvgIpc) is 3.10. The van der Waals surface area contributed by atoms with Crippen LogP contribution in [0, 0.1) is 5.41 Å². The number of hydrogen-bond donors (Lipinski definition) is 0. The molecule has 3 aromatic rings. The van der Waals surface area contributed by atoms with Crippen molar-refractivity contribution in [2.24, 2.45) is 5.41 Å². The van der Waals surface area contributed by atoms with E-state index in [-0.39, 0.29) is 12.5 Å². The van der Waals surface area contributed by atoms with Gasteiger partial charge in [-0.3, -0.25) is 9.78 Å². The van der Waals surface area contributed by atoms with E-state index in [1.807, 2.05) is 45.9 Å². The highest BCUT2D eigenvalue weighted by molar-refractivity contribution is 9.10. The molecule has 1 amide bonds. The topological polar surface area (TPSA) is 54.3 Å². The maximum Gasteiger partial charge on any atom is 0.242 e. The van der Waals surface area contributed by atoms with Gasteiger partial charge < -0.3 is 14.4 Å². The summed E-state index contributed by atoms with van der Waals surface area (Å²) >= 11 is 9.70. The van der Waals surface area contributed by atoms with Crippen LogP contribution in [-0.4, -0.2) is 63.5 Å². The summed E-state index contributed by atoms with van der Waals surface area (Å²) in [5, 5.41) is 0.674. The van der Waals surface area contributed by atoms with Crippen molar-refractivity contribution in [3.05, 3.63) is 58.5 Å². The van der Waals surface area contributed by atoms with Crippen LogP contribution in [0.1, 0.15) is 12.8 Å². The Balaban J connectivity index is 1.43. The summed E-state index contributed by atoms with van der Waals surface area (Å²) in [6.07, 6.45) is 5.68. The number of likely N-dealkylation sites (tertiary alicyclic amines) is 2. The van der Waals surface area contributed by atoms with Crippen LogP contribution < -0.4 is 0 Å². The fourth-order valence-corrected chi connectivity index (χ4v) is 5.67. The number of carbonyl (C=O) groups is 1. The van der Waals surface area contributed by atoms with Crippen LogP contribution in [0.4, 0.5) is 0 Å². The number of aromatic nitrogens is 3. The third-order valence-corrected chi connectivity index (χ3v) is 7.53. The zero-order valence-corrected chi connectivity index (χ0v) is 20.3. The molecule has 2 aliphatic rings. The molecule has 2 aliphatic heterocycles. The highest BCUT2D eigenvalue weighted by Crippen LogP contribution is 2.40. The summed E-state index contributed by atoms with van der Waals surface area (Å²) in [7, 11) is 2.16. The van der Waals surface area contributed by atoms with E-state index in [4.69, 9.17) is 16.6 Å². The van der Waals surface area contributed by atoms with E-state index in [1.54, 1.807) is 12.4 Å². The Labute approximate surface area is 201 Å². The average molecular weight is 515 g/mol. The Morgan fingerprint density at radius 1 is 1.06 bits per heavy atom. The maximum absolute atomic E-state index is 13.3. The van der Waals surface area contributed by atoms with Gasteiger partial charge in [0.2, 0.25) is 5.91 Å². The van der Waals surface area contributed by atoms with Gasteiger partial charge in [0.05, 0.1) is 11.4 Å². The van der Waals surface area contributed by atoms with Gasteiger partial charge >= 0.3 is 0 Å². The lowest BCUT2D eigenvalue weighted by molar-refractivity contribution is -0.136. The first-order valence-electron chi connectivity index (χ1n) is 10.8. The summed E-state index contributed by atoms with van der Waals surface area (Å²) in [4.78, 5) is 26.6. The van der Waals surface area contributed by atoms with E-state index < -0.39 is 0 Å². The van der Waals surface area contributed by atoms with Gasteiger partial charge in [0, 0.05) is 54.7 Å². The van der Waals surface area contributed by atoms with Crippen molar-refractivity contribution in [3.63, 3.8) is 0 Å². The molecule has 0 aliphatic carbocycles.